The Morgan fingerprint density at radius 1 is 1.00 bits per heavy atom. The second kappa shape index (κ2) is 14.4. The van der Waals surface area contributed by atoms with E-state index in [0.29, 0.717) is 23.7 Å². The summed E-state index contributed by atoms with van der Waals surface area (Å²) in [6.07, 6.45) is 0.335. The molecule has 3 aromatic rings. The number of halogens is 1. The van der Waals surface area contributed by atoms with Crippen LogP contribution in [0.4, 0.5) is 5.69 Å². The molecule has 1 N–H and O–H groups in total. The molecule has 220 valence electrons. The highest BCUT2D eigenvalue weighted by Crippen LogP contribution is 2.27. The molecule has 0 bridgehead atoms. The molecule has 0 unspecified atom stereocenters. The molecule has 3 aromatic carbocycles. The van der Waals surface area contributed by atoms with Crippen LogP contribution in [0.2, 0.25) is 5.02 Å². The van der Waals surface area contributed by atoms with Crippen LogP contribution in [0.25, 0.3) is 0 Å². The second-order valence-corrected chi connectivity index (χ2v) is 12.5. The molecule has 0 fully saturated rings. The van der Waals surface area contributed by atoms with Gasteiger partial charge in [-0.05, 0) is 67.3 Å². The Hall–Kier alpha value is -3.56. The Bertz CT molecular complexity index is 1440. The van der Waals surface area contributed by atoms with Crippen molar-refractivity contribution >= 4 is 39.1 Å². The van der Waals surface area contributed by atoms with E-state index >= 15 is 0 Å². The zero-order chi connectivity index (χ0) is 30.2. The van der Waals surface area contributed by atoms with Crippen molar-refractivity contribution in [2.75, 3.05) is 24.5 Å². The molecule has 0 aliphatic heterocycles. The van der Waals surface area contributed by atoms with Gasteiger partial charge < -0.3 is 15.0 Å². The third-order valence-electron chi connectivity index (χ3n) is 6.54. The fourth-order valence-corrected chi connectivity index (χ4v) is 5.90. The summed E-state index contributed by atoms with van der Waals surface area (Å²) in [4.78, 5) is 28.9. The molecule has 0 heterocycles. The lowest BCUT2D eigenvalue weighted by atomic mass is 10.1. The molecule has 2 amide bonds. The van der Waals surface area contributed by atoms with Crippen LogP contribution in [0.15, 0.2) is 77.7 Å². The number of carbonyl (C=O) groups is 2. The SMILES string of the molecule is CC[C@@H](C(=O)NCC(C)C)N(Cc1cccc(OC)c1)C(=O)CN(c1cccc(Cl)c1)S(=O)(=O)c1ccc(C)cc1. The van der Waals surface area contributed by atoms with Crippen LogP contribution in [-0.4, -0.2) is 51.4 Å². The first-order valence-corrected chi connectivity index (χ1v) is 15.3. The van der Waals surface area contributed by atoms with Gasteiger partial charge in [0.1, 0.15) is 18.3 Å². The number of aryl methyl sites for hydroxylation is 1. The predicted molar refractivity (Wildman–Crippen MR) is 163 cm³/mol. The molecule has 10 heteroatoms. The molecule has 41 heavy (non-hydrogen) atoms. The molecule has 0 radical (unpaired) electrons. The topological polar surface area (TPSA) is 96.0 Å². The van der Waals surface area contributed by atoms with Crippen molar-refractivity contribution < 1.29 is 22.7 Å². The first-order valence-electron chi connectivity index (χ1n) is 13.5. The molecule has 0 saturated carbocycles. The number of carbonyl (C=O) groups excluding carboxylic acids is 2. The van der Waals surface area contributed by atoms with Gasteiger partial charge in [-0.2, -0.15) is 0 Å². The van der Waals surface area contributed by atoms with Gasteiger partial charge in [0.15, 0.2) is 0 Å². The molecular weight excluding hydrogens is 562 g/mol. The lowest BCUT2D eigenvalue weighted by Gasteiger charge is -2.33. The maximum atomic E-state index is 14.1. The van der Waals surface area contributed by atoms with Gasteiger partial charge in [-0.25, -0.2) is 8.42 Å². The molecule has 0 aromatic heterocycles. The molecule has 1 atom stereocenters. The van der Waals surface area contributed by atoms with E-state index in [1.54, 1.807) is 55.6 Å². The van der Waals surface area contributed by atoms with E-state index in [1.807, 2.05) is 33.8 Å². The van der Waals surface area contributed by atoms with Crippen molar-refractivity contribution in [2.45, 2.75) is 51.6 Å². The quantitative estimate of drug-likeness (QED) is 0.283. The van der Waals surface area contributed by atoms with Gasteiger partial charge in [-0.3, -0.25) is 13.9 Å². The largest absolute Gasteiger partial charge is 0.497 e. The minimum Gasteiger partial charge on any atom is -0.497 e. The number of methoxy groups -OCH3 is 1. The Morgan fingerprint density at radius 2 is 1.68 bits per heavy atom. The van der Waals surface area contributed by atoms with Gasteiger partial charge in [-0.1, -0.05) is 68.3 Å². The minimum absolute atomic E-state index is 0.0388. The van der Waals surface area contributed by atoms with Gasteiger partial charge in [0.2, 0.25) is 11.8 Å². The summed E-state index contributed by atoms with van der Waals surface area (Å²) in [5.74, 6) is -0.00477. The van der Waals surface area contributed by atoms with E-state index in [-0.39, 0.29) is 29.0 Å². The lowest BCUT2D eigenvalue weighted by molar-refractivity contribution is -0.140. The van der Waals surface area contributed by atoms with E-state index in [0.717, 1.165) is 15.4 Å². The average molecular weight is 600 g/mol. The Balaban J connectivity index is 2.06. The number of anilines is 1. The summed E-state index contributed by atoms with van der Waals surface area (Å²) in [6, 6.07) is 19.2. The van der Waals surface area contributed by atoms with Crippen molar-refractivity contribution in [3.8, 4) is 5.75 Å². The van der Waals surface area contributed by atoms with Gasteiger partial charge in [-0.15, -0.1) is 0 Å². The van der Waals surface area contributed by atoms with Crippen LogP contribution in [0, 0.1) is 12.8 Å². The first-order chi connectivity index (χ1) is 19.5. The van der Waals surface area contributed by atoms with Crippen molar-refractivity contribution in [3.05, 3.63) is 88.9 Å². The predicted octanol–water partition coefficient (Wildman–Crippen LogP) is 5.43. The zero-order valence-corrected chi connectivity index (χ0v) is 25.7. The van der Waals surface area contributed by atoms with Crippen LogP contribution < -0.4 is 14.4 Å². The van der Waals surface area contributed by atoms with Gasteiger partial charge in [0.05, 0.1) is 17.7 Å². The monoisotopic (exact) mass is 599 g/mol. The summed E-state index contributed by atoms with van der Waals surface area (Å²) < 4.78 is 34.2. The third kappa shape index (κ3) is 8.47. The summed E-state index contributed by atoms with van der Waals surface area (Å²) >= 11 is 6.23. The van der Waals surface area contributed by atoms with Crippen molar-refractivity contribution in [1.82, 2.24) is 10.2 Å². The molecule has 0 spiro atoms. The van der Waals surface area contributed by atoms with Gasteiger partial charge in [0, 0.05) is 18.1 Å². The number of amides is 2. The molecular formula is C31H38ClN3O5S. The number of sulfonamides is 1. The van der Waals surface area contributed by atoms with Crippen molar-refractivity contribution in [2.24, 2.45) is 5.92 Å². The number of nitrogens with one attached hydrogen (secondary N) is 1. The molecule has 0 saturated heterocycles. The number of ether oxygens (including phenoxy) is 1. The van der Waals surface area contributed by atoms with E-state index in [2.05, 4.69) is 5.32 Å². The highest BCUT2D eigenvalue weighted by Gasteiger charge is 2.33. The Morgan fingerprint density at radius 3 is 2.29 bits per heavy atom. The summed E-state index contributed by atoms with van der Waals surface area (Å²) in [6.45, 7) is 7.65. The van der Waals surface area contributed by atoms with E-state index in [1.165, 1.54) is 23.1 Å². The van der Waals surface area contributed by atoms with Gasteiger partial charge in [0.25, 0.3) is 10.0 Å². The van der Waals surface area contributed by atoms with Crippen LogP contribution in [-0.2, 0) is 26.2 Å². The highest BCUT2D eigenvalue weighted by atomic mass is 35.5. The summed E-state index contributed by atoms with van der Waals surface area (Å²) in [5.41, 5.74) is 1.88. The molecule has 3 rings (SSSR count). The van der Waals surface area contributed by atoms with Crippen LogP contribution in [0.1, 0.15) is 38.3 Å². The number of nitrogens with zero attached hydrogens (tertiary/aromatic N) is 2. The minimum atomic E-state index is -4.17. The van der Waals surface area contributed by atoms with Crippen LogP contribution >= 0.6 is 11.6 Å². The highest BCUT2D eigenvalue weighted by molar-refractivity contribution is 7.92. The summed E-state index contributed by atoms with van der Waals surface area (Å²) in [5, 5.41) is 3.25. The second-order valence-electron chi connectivity index (χ2n) is 10.2. The van der Waals surface area contributed by atoms with E-state index in [9.17, 15) is 18.0 Å². The van der Waals surface area contributed by atoms with E-state index < -0.39 is 28.5 Å². The number of rotatable bonds is 13. The van der Waals surface area contributed by atoms with Gasteiger partial charge >= 0.3 is 0 Å². The number of benzene rings is 3. The maximum absolute atomic E-state index is 14.1. The normalized spacial score (nSPS) is 12.1. The third-order valence-corrected chi connectivity index (χ3v) is 8.56. The fourth-order valence-electron chi connectivity index (χ4n) is 4.31. The molecule has 0 aliphatic rings. The van der Waals surface area contributed by atoms with Crippen LogP contribution in [0.5, 0.6) is 5.75 Å². The Labute approximate surface area is 248 Å². The standard InChI is InChI=1S/C31H38ClN3O5S/c1-6-29(31(37)33-19-22(2)3)34(20-24-9-7-12-27(17-24)40-5)30(36)21-35(26-11-8-10-25(32)18-26)41(38,39)28-15-13-23(4)14-16-28/h7-18,22,29H,6,19-21H2,1-5H3,(H,33,37)/t29-/m0/s1. The van der Waals surface area contributed by atoms with Crippen LogP contribution in [0.3, 0.4) is 0 Å². The maximum Gasteiger partial charge on any atom is 0.264 e. The first kappa shape index (κ1) is 32.0. The van der Waals surface area contributed by atoms with E-state index in [4.69, 9.17) is 16.3 Å². The van der Waals surface area contributed by atoms with Crippen molar-refractivity contribution in [3.63, 3.8) is 0 Å². The lowest BCUT2D eigenvalue weighted by Crippen LogP contribution is -2.52. The summed E-state index contributed by atoms with van der Waals surface area (Å²) in [7, 11) is -2.62. The Kier molecular flexibility index (Phi) is 11.2. The zero-order valence-electron chi connectivity index (χ0n) is 24.1. The molecule has 0 aliphatic carbocycles. The smallest absolute Gasteiger partial charge is 0.264 e. The molecule has 8 nitrogen and oxygen atoms in total. The van der Waals surface area contributed by atoms with Crippen molar-refractivity contribution in [1.29, 1.82) is 0 Å². The fraction of sp³-hybridized carbons (Fsp3) is 0.355. The number of hydrogen-bond acceptors (Lipinski definition) is 5. The number of hydrogen-bond donors (Lipinski definition) is 1. The average Bonchev–Trinajstić information content (AvgIpc) is 2.94.